The fraction of sp³-hybridized carbons (Fsp3) is 0.333. The predicted octanol–water partition coefficient (Wildman–Crippen LogP) is 2.60. The molecule has 156 valence electrons. The standard InChI is InChI=1S/C21H23FN6O2/c1-14-6-10-28(26-14)11-8-20(29)27-9-7-15(13-27)21(30)23-19-12-18(24-25-19)16-4-2-3-5-17(16)22/h2-6,10,12,15H,7-9,11,13H2,1H3,(H2,23,24,25,30). The lowest BCUT2D eigenvalue weighted by Crippen LogP contribution is -2.32. The van der Waals surface area contributed by atoms with Crippen molar-refractivity contribution < 1.29 is 14.0 Å². The van der Waals surface area contributed by atoms with Crippen molar-refractivity contribution in [2.45, 2.75) is 26.3 Å². The molecule has 1 saturated heterocycles. The molecule has 1 fully saturated rings. The van der Waals surface area contributed by atoms with Crippen molar-refractivity contribution in [3.8, 4) is 11.3 Å². The summed E-state index contributed by atoms with van der Waals surface area (Å²) >= 11 is 0. The molecule has 1 aliphatic rings. The van der Waals surface area contributed by atoms with E-state index in [0.29, 0.717) is 49.6 Å². The second kappa shape index (κ2) is 8.48. The highest BCUT2D eigenvalue weighted by Gasteiger charge is 2.31. The van der Waals surface area contributed by atoms with E-state index in [1.807, 2.05) is 19.2 Å². The maximum Gasteiger partial charge on any atom is 0.230 e. The van der Waals surface area contributed by atoms with Crippen LogP contribution in [0.25, 0.3) is 11.3 Å². The Morgan fingerprint density at radius 1 is 1.30 bits per heavy atom. The monoisotopic (exact) mass is 410 g/mol. The van der Waals surface area contributed by atoms with Gasteiger partial charge in [-0.15, -0.1) is 0 Å². The Morgan fingerprint density at radius 2 is 2.13 bits per heavy atom. The lowest BCUT2D eigenvalue weighted by atomic mass is 10.1. The molecule has 0 spiro atoms. The Hall–Kier alpha value is -3.49. The Labute approximate surface area is 173 Å². The molecular weight excluding hydrogens is 387 g/mol. The van der Waals surface area contributed by atoms with Crippen molar-refractivity contribution in [2.24, 2.45) is 5.92 Å². The zero-order valence-corrected chi connectivity index (χ0v) is 16.6. The van der Waals surface area contributed by atoms with Crippen LogP contribution in [0.1, 0.15) is 18.5 Å². The number of aromatic nitrogens is 4. The minimum absolute atomic E-state index is 0.0139. The fourth-order valence-electron chi connectivity index (χ4n) is 3.59. The summed E-state index contributed by atoms with van der Waals surface area (Å²) in [5.74, 6) is -0.513. The van der Waals surface area contributed by atoms with Crippen LogP contribution >= 0.6 is 0 Å². The highest BCUT2D eigenvalue weighted by molar-refractivity contribution is 5.93. The molecule has 1 aliphatic heterocycles. The van der Waals surface area contributed by atoms with E-state index in [-0.39, 0.29) is 23.5 Å². The third-order valence-corrected chi connectivity index (χ3v) is 5.23. The van der Waals surface area contributed by atoms with Gasteiger partial charge in [-0.2, -0.15) is 10.2 Å². The Kier molecular flexibility index (Phi) is 5.60. The lowest BCUT2D eigenvalue weighted by molar-refractivity contribution is -0.130. The van der Waals surface area contributed by atoms with Crippen LogP contribution in [0.5, 0.6) is 0 Å². The molecule has 8 nitrogen and oxygen atoms in total. The van der Waals surface area contributed by atoms with E-state index >= 15 is 0 Å². The van der Waals surface area contributed by atoms with Gasteiger partial charge in [0, 0.05) is 43.9 Å². The van der Waals surface area contributed by atoms with E-state index in [9.17, 15) is 14.0 Å². The van der Waals surface area contributed by atoms with Crippen molar-refractivity contribution in [1.29, 1.82) is 0 Å². The number of benzene rings is 1. The molecule has 3 aromatic rings. The van der Waals surface area contributed by atoms with E-state index in [0.717, 1.165) is 5.69 Å². The van der Waals surface area contributed by atoms with Crippen LogP contribution in [-0.2, 0) is 16.1 Å². The first-order valence-electron chi connectivity index (χ1n) is 9.88. The first-order valence-corrected chi connectivity index (χ1v) is 9.88. The third kappa shape index (κ3) is 4.40. The Balaban J connectivity index is 1.30. The van der Waals surface area contributed by atoms with Crippen molar-refractivity contribution in [1.82, 2.24) is 24.9 Å². The molecule has 30 heavy (non-hydrogen) atoms. The number of hydrogen-bond donors (Lipinski definition) is 2. The van der Waals surface area contributed by atoms with Crippen molar-refractivity contribution in [2.75, 3.05) is 18.4 Å². The number of amides is 2. The smallest absolute Gasteiger partial charge is 0.230 e. The summed E-state index contributed by atoms with van der Waals surface area (Å²) in [6, 6.07) is 9.84. The van der Waals surface area contributed by atoms with Gasteiger partial charge in [-0.1, -0.05) is 12.1 Å². The number of carbonyl (C=O) groups excluding carboxylic acids is 2. The SMILES string of the molecule is Cc1ccn(CCC(=O)N2CCC(C(=O)Nc3cc(-c4ccccc4F)[nH]n3)C2)n1. The van der Waals surface area contributed by atoms with Crippen LogP contribution in [0.15, 0.2) is 42.6 Å². The molecule has 1 unspecified atom stereocenters. The Bertz CT molecular complexity index is 1060. The number of carbonyl (C=O) groups is 2. The quantitative estimate of drug-likeness (QED) is 0.653. The molecule has 0 radical (unpaired) electrons. The number of aryl methyl sites for hydroxylation is 2. The summed E-state index contributed by atoms with van der Waals surface area (Å²) in [6.45, 7) is 3.36. The lowest BCUT2D eigenvalue weighted by Gasteiger charge is -2.16. The van der Waals surface area contributed by atoms with Crippen molar-refractivity contribution >= 4 is 17.6 Å². The van der Waals surface area contributed by atoms with Crippen LogP contribution in [0.4, 0.5) is 10.2 Å². The van der Waals surface area contributed by atoms with Gasteiger partial charge >= 0.3 is 0 Å². The number of hydrogen-bond acceptors (Lipinski definition) is 4. The minimum atomic E-state index is -0.366. The summed E-state index contributed by atoms with van der Waals surface area (Å²) in [4.78, 5) is 26.7. The van der Waals surface area contributed by atoms with Gasteiger partial charge in [-0.25, -0.2) is 4.39 Å². The fourth-order valence-corrected chi connectivity index (χ4v) is 3.59. The predicted molar refractivity (Wildman–Crippen MR) is 109 cm³/mol. The first kappa shape index (κ1) is 19.8. The number of rotatable bonds is 6. The zero-order chi connectivity index (χ0) is 21.1. The summed E-state index contributed by atoms with van der Waals surface area (Å²) in [5, 5.41) is 13.8. The molecule has 0 bridgehead atoms. The third-order valence-electron chi connectivity index (χ3n) is 5.23. The van der Waals surface area contributed by atoms with Gasteiger partial charge in [0.1, 0.15) is 5.82 Å². The van der Waals surface area contributed by atoms with Gasteiger partial charge in [0.05, 0.1) is 17.3 Å². The largest absolute Gasteiger partial charge is 0.342 e. The molecule has 3 heterocycles. The molecule has 0 aliphatic carbocycles. The molecule has 2 aromatic heterocycles. The maximum atomic E-state index is 13.9. The van der Waals surface area contributed by atoms with Crippen LogP contribution in [0.2, 0.25) is 0 Å². The van der Waals surface area contributed by atoms with Crippen molar-refractivity contribution in [3.05, 3.63) is 54.1 Å². The second-order valence-corrected chi connectivity index (χ2v) is 7.43. The van der Waals surface area contributed by atoms with Gasteiger partial charge in [0.2, 0.25) is 11.8 Å². The van der Waals surface area contributed by atoms with Gasteiger partial charge in [-0.3, -0.25) is 19.4 Å². The summed E-state index contributed by atoms with van der Waals surface area (Å²) < 4.78 is 15.7. The van der Waals surface area contributed by atoms with E-state index in [2.05, 4.69) is 20.6 Å². The van der Waals surface area contributed by atoms with E-state index < -0.39 is 0 Å². The highest BCUT2D eigenvalue weighted by atomic mass is 19.1. The van der Waals surface area contributed by atoms with Crippen LogP contribution < -0.4 is 5.32 Å². The number of aromatic amines is 1. The normalized spacial score (nSPS) is 16.1. The number of nitrogens with zero attached hydrogens (tertiary/aromatic N) is 4. The van der Waals surface area contributed by atoms with Crippen molar-refractivity contribution in [3.63, 3.8) is 0 Å². The van der Waals surface area contributed by atoms with Gasteiger partial charge in [0.25, 0.3) is 0 Å². The van der Waals surface area contributed by atoms with E-state index in [1.165, 1.54) is 6.07 Å². The molecule has 2 N–H and O–H groups in total. The molecular formula is C21H23FN6O2. The second-order valence-electron chi connectivity index (χ2n) is 7.43. The molecule has 1 aromatic carbocycles. The zero-order valence-electron chi connectivity index (χ0n) is 16.6. The number of anilines is 1. The number of likely N-dealkylation sites (tertiary alicyclic amines) is 1. The minimum Gasteiger partial charge on any atom is -0.342 e. The van der Waals surface area contributed by atoms with Gasteiger partial charge in [-0.05, 0) is 31.5 Å². The molecule has 4 rings (SSSR count). The number of nitrogens with one attached hydrogen (secondary N) is 2. The van der Waals surface area contributed by atoms with Crippen LogP contribution in [-0.4, -0.2) is 49.8 Å². The first-order chi connectivity index (χ1) is 14.5. The summed E-state index contributed by atoms with van der Waals surface area (Å²) in [5.41, 5.74) is 1.79. The maximum absolute atomic E-state index is 13.9. The number of H-pyrrole nitrogens is 1. The van der Waals surface area contributed by atoms with Gasteiger partial charge < -0.3 is 10.2 Å². The number of halogens is 1. The summed E-state index contributed by atoms with van der Waals surface area (Å²) in [6.07, 6.45) is 2.80. The topological polar surface area (TPSA) is 95.9 Å². The average molecular weight is 410 g/mol. The Morgan fingerprint density at radius 3 is 2.90 bits per heavy atom. The summed E-state index contributed by atoms with van der Waals surface area (Å²) in [7, 11) is 0. The van der Waals surface area contributed by atoms with Crippen LogP contribution in [0, 0.1) is 18.7 Å². The molecule has 9 heteroatoms. The molecule has 1 atom stereocenters. The van der Waals surface area contributed by atoms with E-state index in [1.54, 1.807) is 33.8 Å². The highest BCUT2D eigenvalue weighted by Crippen LogP contribution is 2.24. The molecule has 2 amide bonds. The average Bonchev–Trinajstić information content (AvgIpc) is 3.47. The molecule has 0 saturated carbocycles. The van der Waals surface area contributed by atoms with E-state index in [4.69, 9.17) is 0 Å². The van der Waals surface area contributed by atoms with Gasteiger partial charge in [0.15, 0.2) is 5.82 Å². The van der Waals surface area contributed by atoms with Crippen LogP contribution in [0.3, 0.4) is 0 Å².